The molecule has 0 radical (unpaired) electrons. The third kappa shape index (κ3) is 77.6. The Morgan fingerprint density at radius 3 is 0.821 bits per heavy atom. The summed E-state index contributed by atoms with van der Waals surface area (Å²) in [4.78, 5) is 73.1. The van der Waals surface area contributed by atoms with Crippen molar-refractivity contribution in [2.24, 2.45) is 0 Å². The molecule has 106 heavy (non-hydrogen) atoms. The largest absolute Gasteiger partial charge is 0.472 e. The maximum absolute atomic E-state index is 13.1. The van der Waals surface area contributed by atoms with Gasteiger partial charge in [-0.05, 0) is 154 Å². The molecule has 0 aromatic carbocycles. The topological polar surface area (TPSA) is 237 Å². The molecule has 610 valence electrons. The van der Waals surface area contributed by atoms with Crippen LogP contribution in [0.4, 0.5) is 0 Å². The first kappa shape index (κ1) is 101. The first-order valence-electron chi connectivity index (χ1n) is 41.8. The fourth-order valence-electron chi connectivity index (χ4n) is 11.0. The smallest absolute Gasteiger partial charge is 0.462 e. The van der Waals surface area contributed by atoms with Gasteiger partial charge in [-0.1, -0.05) is 290 Å². The van der Waals surface area contributed by atoms with Gasteiger partial charge in [-0.3, -0.25) is 37.3 Å². The van der Waals surface area contributed by atoms with Gasteiger partial charge in [0.2, 0.25) is 0 Å². The number of esters is 4. The third-order valence-corrected chi connectivity index (χ3v) is 19.3. The quantitative estimate of drug-likeness (QED) is 0.0169. The van der Waals surface area contributed by atoms with E-state index in [1.807, 2.05) is 0 Å². The molecule has 0 aromatic rings. The van der Waals surface area contributed by atoms with Crippen molar-refractivity contribution < 1.29 is 80.2 Å². The highest BCUT2D eigenvalue weighted by atomic mass is 31.2. The molecule has 0 rings (SSSR count). The second kappa shape index (κ2) is 78.6. The summed E-state index contributed by atoms with van der Waals surface area (Å²) < 4.78 is 68.7. The van der Waals surface area contributed by atoms with E-state index in [0.717, 1.165) is 212 Å². The van der Waals surface area contributed by atoms with Gasteiger partial charge >= 0.3 is 39.5 Å². The van der Waals surface area contributed by atoms with Crippen molar-refractivity contribution in [3.63, 3.8) is 0 Å². The molecule has 0 fully saturated rings. The molecular formula is C87H150O17P2. The van der Waals surface area contributed by atoms with Crippen molar-refractivity contribution in [3.8, 4) is 0 Å². The molecule has 5 atom stereocenters. The van der Waals surface area contributed by atoms with Crippen LogP contribution < -0.4 is 0 Å². The lowest BCUT2D eigenvalue weighted by Gasteiger charge is -2.21. The Morgan fingerprint density at radius 2 is 0.509 bits per heavy atom. The van der Waals surface area contributed by atoms with Crippen molar-refractivity contribution in [1.29, 1.82) is 0 Å². The van der Waals surface area contributed by atoms with Crippen molar-refractivity contribution in [2.75, 3.05) is 39.6 Å². The number of hydrogen-bond acceptors (Lipinski definition) is 15. The number of unbranched alkanes of at least 4 members (excludes halogenated alkanes) is 32. The van der Waals surface area contributed by atoms with Gasteiger partial charge < -0.3 is 33.8 Å². The maximum Gasteiger partial charge on any atom is 0.472 e. The Labute approximate surface area is 644 Å². The number of aliphatic hydroxyl groups is 1. The van der Waals surface area contributed by atoms with Gasteiger partial charge in [-0.15, -0.1) is 0 Å². The summed E-state index contributed by atoms with van der Waals surface area (Å²) in [6.45, 7) is 4.65. The van der Waals surface area contributed by atoms with Crippen molar-refractivity contribution in [2.45, 2.75) is 367 Å². The Balaban J connectivity index is 5.37. The highest BCUT2D eigenvalue weighted by Crippen LogP contribution is 2.45. The lowest BCUT2D eigenvalue weighted by Crippen LogP contribution is -2.30. The maximum atomic E-state index is 13.1. The molecule has 0 saturated heterocycles. The Morgan fingerprint density at radius 1 is 0.274 bits per heavy atom. The fraction of sp³-hybridized carbons (Fsp3) is 0.724. The zero-order valence-corrected chi connectivity index (χ0v) is 68.6. The van der Waals surface area contributed by atoms with E-state index < -0.39 is 97.5 Å². The molecule has 0 amide bonds. The first-order valence-corrected chi connectivity index (χ1v) is 44.8. The average Bonchev–Trinajstić information content (AvgIpc) is 0.901. The average molecular weight is 1530 g/mol. The number of carbonyl (C=O) groups excluding carboxylic acids is 4. The van der Waals surface area contributed by atoms with Gasteiger partial charge in [-0.2, -0.15) is 0 Å². The zero-order valence-electron chi connectivity index (χ0n) is 66.8. The molecule has 19 heteroatoms. The standard InChI is InChI=1S/C87H150O17P2/c1-5-9-13-17-21-25-29-33-36-38-40-42-45-48-51-55-59-63-67-71-84(89)97-77-82(103-86(91)73-69-65-61-57-53-47-32-28-24-20-16-12-8-4)79-101-105(93,94)99-75-81(88)76-100-106(95,96)102-80-83(104-87(92)74-70-66-62-58-54-50-44-35-31-27-23-19-15-11-7-3)78-98-85(90)72-68-64-60-56-52-49-46-43-41-39-37-34-30-26-22-18-14-10-6-2/h9,13,16,20-22,25-26,28,32-37,40-44,81-83,88H,5-8,10-12,14-15,17-19,23-24,27,29-31,38-39,45-80H2,1-4H3,(H,93,94)(H,95,96)/b13-9-,20-16-,25-21-,26-22-,32-28-,36-33-,37-34-,42-40-,43-41-,44-35-. The number of allylic oxidation sites excluding steroid dienone is 20. The Hall–Kier alpha value is -4.54. The summed E-state index contributed by atoms with van der Waals surface area (Å²) in [6, 6.07) is 0. The molecule has 0 saturated carbocycles. The van der Waals surface area contributed by atoms with Gasteiger partial charge in [0.15, 0.2) is 12.2 Å². The highest BCUT2D eigenvalue weighted by molar-refractivity contribution is 7.47. The molecule has 0 aliphatic heterocycles. The molecule has 5 unspecified atom stereocenters. The first-order chi connectivity index (χ1) is 51.7. The fourth-order valence-corrected chi connectivity index (χ4v) is 12.6. The summed E-state index contributed by atoms with van der Waals surface area (Å²) in [5.41, 5.74) is 0. The lowest BCUT2D eigenvalue weighted by molar-refractivity contribution is -0.161. The number of hydrogen-bond donors (Lipinski definition) is 3. The molecule has 0 aromatic heterocycles. The minimum atomic E-state index is -4.99. The van der Waals surface area contributed by atoms with Crippen molar-refractivity contribution in [1.82, 2.24) is 0 Å². The summed E-state index contributed by atoms with van der Waals surface area (Å²) in [7, 11) is -9.98. The SMILES string of the molecule is CC/C=C\C/C=C\C/C=C\C/C=C\CCCCCCCCC(=O)OCC(COP(=O)(O)OCC(O)COP(=O)(O)OCC(COC(=O)CCCCCCCC/C=C\C/C=C\C/C=C\CCCCC)OC(=O)CCCCCCC/C=C\CCCCCCCC)OC(=O)CCCCCCC/C=C\C/C=C\CCC. The molecule has 17 nitrogen and oxygen atoms in total. The Kier molecular flexibility index (Phi) is 75.2. The van der Waals surface area contributed by atoms with Gasteiger partial charge in [0.25, 0.3) is 0 Å². The van der Waals surface area contributed by atoms with E-state index in [1.54, 1.807) is 0 Å². The van der Waals surface area contributed by atoms with Gasteiger partial charge in [0.1, 0.15) is 19.3 Å². The molecule has 3 N–H and O–H groups in total. The van der Waals surface area contributed by atoms with Crippen LogP contribution in [-0.2, 0) is 65.4 Å². The van der Waals surface area contributed by atoms with Crippen LogP contribution in [0.1, 0.15) is 349 Å². The zero-order chi connectivity index (χ0) is 77.4. The normalized spacial score (nSPS) is 14.4. The molecule has 0 heterocycles. The molecule has 0 aliphatic rings. The third-order valence-electron chi connectivity index (χ3n) is 17.4. The minimum Gasteiger partial charge on any atom is -0.462 e. The summed E-state index contributed by atoms with van der Waals surface area (Å²) in [5, 5.41) is 10.7. The van der Waals surface area contributed by atoms with Crippen molar-refractivity contribution in [3.05, 3.63) is 122 Å². The van der Waals surface area contributed by atoms with Crippen molar-refractivity contribution >= 4 is 39.5 Å². The number of phosphoric acid groups is 2. The van der Waals surface area contributed by atoms with Crippen LogP contribution in [0.3, 0.4) is 0 Å². The molecule has 0 spiro atoms. The van der Waals surface area contributed by atoms with E-state index in [2.05, 4.69) is 149 Å². The lowest BCUT2D eigenvalue weighted by atomic mass is 10.1. The van der Waals surface area contributed by atoms with Gasteiger partial charge in [-0.25, -0.2) is 9.13 Å². The second-order valence-electron chi connectivity index (χ2n) is 27.7. The predicted molar refractivity (Wildman–Crippen MR) is 436 cm³/mol. The van der Waals surface area contributed by atoms with E-state index >= 15 is 0 Å². The summed E-state index contributed by atoms with van der Waals surface area (Å²) >= 11 is 0. The van der Waals surface area contributed by atoms with Crippen LogP contribution in [0.15, 0.2) is 122 Å². The van der Waals surface area contributed by atoms with Gasteiger partial charge in [0.05, 0.1) is 26.4 Å². The number of carbonyl (C=O) groups is 4. The molecule has 0 aliphatic carbocycles. The summed E-state index contributed by atoms with van der Waals surface area (Å²) in [6.07, 6.45) is 87.3. The Bertz CT molecular complexity index is 2480. The van der Waals surface area contributed by atoms with E-state index in [-0.39, 0.29) is 25.7 Å². The minimum absolute atomic E-state index is 0.0732. The summed E-state index contributed by atoms with van der Waals surface area (Å²) in [5.74, 6) is -2.22. The monoisotopic (exact) mass is 1530 g/mol. The number of ether oxygens (including phenoxy) is 4. The van der Waals surface area contributed by atoms with Crippen LogP contribution in [0.25, 0.3) is 0 Å². The molecule has 0 bridgehead atoms. The van der Waals surface area contributed by atoms with Crippen LogP contribution in [0.5, 0.6) is 0 Å². The van der Waals surface area contributed by atoms with Crippen LogP contribution in [0.2, 0.25) is 0 Å². The second-order valence-corrected chi connectivity index (χ2v) is 30.6. The van der Waals surface area contributed by atoms with Crippen LogP contribution in [0, 0.1) is 0 Å². The van der Waals surface area contributed by atoms with E-state index in [1.165, 1.54) is 57.8 Å². The highest BCUT2D eigenvalue weighted by Gasteiger charge is 2.30. The number of rotatable bonds is 78. The predicted octanol–water partition coefficient (Wildman–Crippen LogP) is 24.7. The van der Waals surface area contributed by atoms with E-state index in [0.29, 0.717) is 25.7 Å². The number of aliphatic hydroxyl groups excluding tert-OH is 1. The van der Waals surface area contributed by atoms with Crippen LogP contribution >= 0.6 is 15.6 Å². The molecular weight excluding hydrogens is 1380 g/mol. The van der Waals surface area contributed by atoms with E-state index in [4.69, 9.17) is 37.0 Å². The van der Waals surface area contributed by atoms with E-state index in [9.17, 15) is 43.2 Å². The van der Waals surface area contributed by atoms with Gasteiger partial charge in [0, 0.05) is 25.7 Å². The van der Waals surface area contributed by atoms with Crippen LogP contribution in [-0.4, -0.2) is 96.7 Å². The number of phosphoric ester groups is 2.